The molecule has 1 atom stereocenters. The molecular weight excluding hydrogens is 492 g/mol. The number of cyclic esters (lactones) is 2. The molecule has 1 unspecified atom stereocenters. The van der Waals surface area contributed by atoms with Gasteiger partial charge in [0.25, 0.3) is 0 Å². The molecule has 7 heteroatoms. The van der Waals surface area contributed by atoms with Gasteiger partial charge in [-0.1, -0.05) is 60.7 Å². The lowest BCUT2D eigenvalue weighted by atomic mass is 9.94. The molecule has 0 N–H and O–H groups in total. The SMILES string of the molecule is COc1ccc(N2C3=C(C(=O)OC3=O)N(Cc3ccccc3)c3ccc(OC)cc3C2c2ccccc2)cc1. The van der Waals surface area contributed by atoms with E-state index in [1.54, 1.807) is 14.2 Å². The molecule has 0 aromatic heterocycles. The molecule has 0 spiro atoms. The highest BCUT2D eigenvalue weighted by molar-refractivity contribution is 6.16. The van der Waals surface area contributed by atoms with Crippen LogP contribution >= 0.6 is 0 Å². The molecule has 6 rings (SSSR count). The van der Waals surface area contributed by atoms with Gasteiger partial charge in [0.1, 0.15) is 11.5 Å². The first kappa shape index (κ1) is 24.3. The first-order valence-electron chi connectivity index (χ1n) is 12.6. The van der Waals surface area contributed by atoms with E-state index in [0.717, 1.165) is 22.4 Å². The van der Waals surface area contributed by atoms with Crippen molar-refractivity contribution in [2.45, 2.75) is 12.6 Å². The number of hydrogen-bond acceptors (Lipinski definition) is 7. The molecule has 0 saturated heterocycles. The summed E-state index contributed by atoms with van der Waals surface area (Å²) < 4.78 is 16.3. The fourth-order valence-corrected chi connectivity index (χ4v) is 5.25. The van der Waals surface area contributed by atoms with Crippen molar-refractivity contribution in [1.82, 2.24) is 0 Å². The van der Waals surface area contributed by atoms with Crippen molar-refractivity contribution >= 4 is 23.3 Å². The van der Waals surface area contributed by atoms with E-state index in [1.165, 1.54) is 0 Å². The van der Waals surface area contributed by atoms with E-state index in [2.05, 4.69) is 0 Å². The minimum Gasteiger partial charge on any atom is -0.497 e. The number of carbonyl (C=O) groups is 2. The first-order valence-corrected chi connectivity index (χ1v) is 12.6. The zero-order valence-corrected chi connectivity index (χ0v) is 21.5. The van der Waals surface area contributed by atoms with E-state index in [-0.39, 0.29) is 11.4 Å². The number of anilines is 2. The highest BCUT2D eigenvalue weighted by Crippen LogP contribution is 2.48. The topological polar surface area (TPSA) is 68.3 Å². The smallest absolute Gasteiger partial charge is 0.365 e. The number of hydrogen-bond donors (Lipinski definition) is 0. The Bertz CT molecular complexity index is 1570. The van der Waals surface area contributed by atoms with Crippen molar-refractivity contribution in [2.24, 2.45) is 0 Å². The number of methoxy groups -OCH3 is 2. The fraction of sp³-hybridized carbons (Fsp3) is 0.125. The molecule has 0 bridgehead atoms. The maximum Gasteiger partial charge on any atom is 0.365 e. The van der Waals surface area contributed by atoms with E-state index in [4.69, 9.17) is 14.2 Å². The molecular formula is C32H26N2O5. The molecule has 0 saturated carbocycles. The van der Waals surface area contributed by atoms with Crippen molar-refractivity contribution in [2.75, 3.05) is 24.0 Å². The van der Waals surface area contributed by atoms with Gasteiger partial charge < -0.3 is 24.0 Å². The Morgan fingerprint density at radius 3 is 2.00 bits per heavy atom. The van der Waals surface area contributed by atoms with Gasteiger partial charge in [0, 0.05) is 23.5 Å². The number of rotatable bonds is 6. The van der Waals surface area contributed by atoms with Crippen LogP contribution in [-0.2, 0) is 20.9 Å². The van der Waals surface area contributed by atoms with Crippen LogP contribution in [0.3, 0.4) is 0 Å². The van der Waals surface area contributed by atoms with E-state index in [1.807, 2.05) is 113 Å². The van der Waals surface area contributed by atoms with Crippen molar-refractivity contribution in [1.29, 1.82) is 0 Å². The summed E-state index contributed by atoms with van der Waals surface area (Å²) in [5.74, 6) is -0.0265. The van der Waals surface area contributed by atoms with Crippen molar-refractivity contribution < 1.29 is 23.8 Å². The lowest BCUT2D eigenvalue weighted by Gasteiger charge is -2.33. The molecule has 0 aliphatic carbocycles. The Morgan fingerprint density at radius 1 is 0.718 bits per heavy atom. The Labute approximate surface area is 226 Å². The van der Waals surface area contributed by atoms with Crippen LogP contribution in [0.5, 0.6) is 11.5 Å². The molecule has 2 aliphatic rings. The predicted octanol–water partition coefficient (Wildman–Crippen LogP) is 5.62. The van der Waals surface area contributed by atoms with Gasteiger partial charge in [0.15, 0.2) is 11.4 Å². The Hall–Kier alpha value is -5.04. The molecule has 0 fully saturated rings. The average molecular weight is 519 g/mol. The van der Waals surface area contributed by atoms with Crippen LogP contribution in [0.15, 0.2) is 115 Å². The zero-order chi connectivity index (χ0) is 26.9. The van der Waals surface area contributed by atoms with E-state index in [0.29, 0.717) is 23.7 Å². The second kappa shape index (κ2) is 10.0. The van der Waals surface area contributed by atoms with Crippen LogP contribution in [0.2, 0.25) is 0 Å². The number of ether oxygens (including phenoxy) is 3. The van der Waals surface area contributed by atoms with E-state index >= 15 is 0 Å². The van der Waals surface area contributed by atoms with Gasteiger partial charge in [0.2, 0.25) is 0 Å². The molecule has 4 aromatic carbocycles. The second-order valence-corrected chi connectivity index (χ2v) is 9.25. The fourth-order valence-electron chi connectivity index (χ4n) is 5.25. The minimum absolute atomic E-state index is 0.185. The normalized spacial score (nSPS) is 16.4. The third kappa shape index (κ3) is 4.28. The number of fused-ring (bicyclic) bond motifs is 1. The summed E-state index contributed by atoms with van der Waals surface area (Å²) in [6.45, 7) is 0.360. The molecule has 194 valence electrons. The Kier molecular flexibility index (Phi) is 6.25. The summed E-state index contributed by atoms with van der Waals surface area (Å²) in [6, 6.07) is 32.4. The molecule has 0 radical (unpaired) electrons. The second-order valence-electron chi connectivity index (χ2n) is 9.25. The molecule has 4 aromatic rings. The van der Waals surface area contributed by atoms with Gasteiger partial charge in [-0.15, -0.1) is 0 Å². The van der Waals surface area contributed by atoms with Gasteiger partial charge in [-0.3, -0.25) is 0 Å². The molecule has 2 aliphatic heterocycles. The third-order valence-electron chi connectivity index (χ3n) is 7.03. The lowest BCUT2D eigenvalue weighted by molar-refractivity contribution is -0.151. The summed E-state index contributed by atoms with van der Waals surface area (Å²) in [5.41, 5.74) is 4.66. The average Bonchev–Trinajstić information content (AvgIpc) is 3.20. The van der Waals surface area contributed by atoms with Gasteiger partial charge in [-0.25, -0.2) is 9.59 Å². The van der Waals surface area contributed by atoms with Crippen LogP contribution < -0.4 is 19.3 Å². The third-order valence-corrected chi connectivity index (χ3v) is 7.03. The Morgan fingerprint density at radius 2 is 1.33 bits per heavy atom. The quantitative estimate of drug-likeness (QED) is 0.243. The monoisotopic (exact) mass is 518 g/mol. The summed E-state index contributed by atoms with van der Waals surface area (Å²) in [7, 11) is 3.23. The standard InChI is InChI=1S/C32H26N2O5/c1-37-24-15-13-23(14-16-24)34-28(22-11-7-4-8-12-22)26-19-25(38-2)17-18-27(26)33(20-21-9-5-3-6-10-21)29-30(34)32(36)39-31(29)35/h3-19,28H,20H2,1-2H3. The lowest BCUT2D eigenvalue weighted by Crippen LogP contribution is -2.31. The Balaban J connectivity index is 1.68. The van der Waals surface area contributed by atoms with Crippen LogP contribution in [0.4, 0.5) is 11.4 Å². The summed E-state index contributed by atoms with van der Waals surface area (Å²) in [4.78, 5) is 30.7. The maximum atomic E-state index is 13.5. The van der Waals surface area contributed by atoms with Crippen LogP contribution in [0, 0.1) is 0 Å². The van der Waals surface area contributed by atoms with Gasteiger partial charge in [-0.05, 0) is 53.6 Å². The molecule has 2 heterocycles. The number of carbonyl (C=O) groups excluding carboxylic acids is 2. The van der Waals surface area contributed by atoms with Crippen LogP contribution in [-0.4, -0.2) is 26.2 Å². The summed E-state index contributed by atoms with van der Waals surface area (Å²) >= 11 is 0. The van der Waals surface area contributed by atoms with Crippen molar-refractivity contribution in [3.63, 3.8) is 0 Å². The summed E-state index contributed by atoms with van der Waals surface area (Å²) in [5, 5.41) is 0. The van der Waals surface area contributed by atoms with E-state index in [9.17, 15) is 9.59 Å². The number of benzene rings is 4. The van der Waals surface area contributed by atoms with Crippen molar-refractivity contribution in [3.8, 4) is 11.5 Å². The largest absolute Gasteiger partial charge is 0.497 e. The predicted molar refractivity (Wildman–Crippen MR) is 148 cm³/mol. The highest BCUT2D eigenvalue weighted by atomic mass is 16.6. The zero-order valence-electron chi connectivity index (χ0n) is 21.5. The molecule has 7 nitrogen and oxygen atoms in total. The van der Waals surface area contributed by atoms with Crippen LogP contribution in [0.25, 0.3) is 0 Å². The molecule has 0 amide bonds. The molecule has 39 heavy (non-hydrogen) atoms. The summed E-state index contributed by atoms with van der Waals surface area (Å²) in [6.07, 6.45) is 0. The number of esters is 2. The van der Waals surface area contributed by atoms with Gasteiger partial charge in [0.05, 0.1) is 20.3 Å². The number of nitrogens with zero attached hydrogens (tertiary/aromatic N) is 2. The minimum atomic E-state index is -0.690. The highest BCUT2D eigenvalue weighted by Gasteiger charge is 2.47. The van der Waals surface area contributed by atoms with Crippen molar-refractivity contribution in [3.05, 3.63) is 131 Å². The van der Waals surface area contributed by atoms with Gasteiger partial charge in [-0.2, -0.15) is 0 Å². The van der Waals surface area contributed by atoms with Gasteiger partial charge >= 0.3 is 11.9 Å². The van der Waals surface area contributed by atoms with Crippen LogP contribution in [0.1, 0.15) is 22.7 Å². The first-order chi connectivity index (χ1) is 19.1. The maximum absolute atomic E-state index is 13.5. The van der Waals surface area contributed by atoms with E-state index < -0.39 is 18.0 Å².